The Morgan fingerprint density at radius 1 is 1.26 bits per heavy atom. The Bertz CT molecular complexity index is 936. The summed E-state index contributed by atoms with van der Waals surface area (Å²) >= 11 is 0. The van der Waals surface area contributed by atoms with Gasteiger partial charge in [0.2, 0.25) is 0 Å². The van der Waals surface area contributed by atoms with E-state index in [1.807, 2.05) is 0 Å². The highest BCUT2D eigenvalue weighted by Crippen LogP contribution is 2.25. The van der Waals surface area contributed by atoms with Gasteiger partial charge in [0.05, 0.1) is 19.0 Å². The molecule has 1 aliphatic carbocycles. The van der Waals surface area contributed by atoms with Crippen LogP contribution in [0.3, 0.4) is 0 Å². The molecule has 0 saturated carbocycles. The Hall–Kier alpha value is -3.49. The topological polar surface area (TPSA) is 123 Å². The second-order valence-corrected chi connectivity index (χ2v) is 6.20. The summed E-state index contributed by atoms with van der Waals surface area (Å²) in [5.41, 5.74) is 1.22. The van der Waals surface area contributed by atoms with Crippen molar-refractivity contribution < 1.29 is 18.5 Å². The number of carbonyl (C=O) groups excluding carboxylic acids is 2. The molecule has 4 rings (SSSR count). The molecule has 27 heavy (non-hydrogen) atoms. The highest BCUT2D eigenvalue weighted by molar-refractivity contribution is 5.94. The molecule has 0 bridgehead atoms. The van der Waals surface area contributed by atoms with Crippen LogP contribution in [-0.2, 0) is 19.4 Å². The van der Waals surface area contributed by atoms with Crippen molar-refractivity contribution in [3.8, 4) is 0 Å². The minimum atomic E-state index is -0.336. The number of fused-ring (bicyclic) bond motifs is 1. The Morgan fingerprint density at radius 3 is 2.96 bits per heavy atom. The second-order valence-electron chi connectivity index (χ2n) is 6.20. The van der Waals surface area contributed by atoms with Gasteiger partial charge in [-0.1, -0.05) is 5.16 Å². The van der Waals surface area contributed by atoms with Crippen LogP contribution in [0.4, 0.5) is 0 Å². The van der Waals surface area contributed by atoms with Crippen molar-refractivity contribution in [1.29, 1.82) is 0 Å². The van der Waals surface area contributed by atoms with Crippen LogP contribution < -0.4 is 10.6 Å². The van der Waals surface area contributed by atoms with E-state index < -0.39 is 0 Å². The van der Waals surface area contributed by atoms with Gasteiger partial charge in [0.15, 0.2) is 5.69 Å². The fourth-order valence-electron chi connectivity index (χ4n) is 3.05. The summed E-state index contributed by atoms with van der Waals surface area (Å²) in [6.07, 6.45) is 7.69. The van der Waals surface area contributed by atoms with Crippen LogP contribution in [0.5, 0.6) is 0 Å². The molecule has 2 amide bonds. The molecule has 1 unspecified atom stereocenters. The fourth-order valence-corrected chi connectivity index (χ4v) is 3.05. The van der Waals surface area contributed by atoms with Gasteiger partial charge in [-0.3, -0.25) is 14.6 Å². The van der Waals surface area contributed by atoms with Gasteiger partial charge in [-0.25, -0.2) is 4.98 Å². The molecule has 3 heterocycles. The van der Waals surface area contributed by atoms with Crippen molar-refractivity contribution in [2.75, 3.05) is 0 Å². The summed E-state index contributed by atoms with van der Waals surface area (Å²) in [6.45, 7) is 0.264. The third kappa shape index (κ3) is 3.71. The van der Waals surface area contributed by atoms with Crippen molar-refractivity contribution >= 4 is 11.8 Å². The van der Waals surface area contributed by atoms with Gasteiger partial charge in [-0.05, 0) is 25.0 Å². The van der Waals surface area contributed by atoms with Crippen LogP contribution in [0.2, 0.25) is 0 Å². The maximum Gasteiger partial charge on any atom is 0.274 e. The SMILES string of the molecule is O=C(NC1CCc2onc(C(=O)NCc3ccco3)c2C1)c1cnccn1. The number of hydrogen-bond acceptors (Lipinski definition) is 7. The van der Waals surface area contributed by atoms with Gasteiger partial charge in [0.25, 0.3) is 11.8 Å². The van der Waals surface area contributed by atoms with E-state index in [9.17, 15) is 9.59 Å². The predicted octanol–water partition coefficient (Wildman–Crippen LogP) is 1.27. The molecule has 9 heteroatoms. The van der Waals surface area contributed by atoms with Gasteiger partial charge in [0, 0.05) is 30.4 Å². The quantitative estimate of drug-likeness (QED) is 0.696. The van der Waals surface area contributed by atoms with Crippen LogP contribution in [0.1, 0.15) is 44.5 Å². The van der Waals surface area contributed by atoms with E-state index in [1.165, 1.54) is 18.6 Å². The van der Waals surface area contributed by atoms with E-state index in [0.717, 1.165) is 5.56 Å². The first-order chi connectivity index (χ1) is 13.2. The van der Waals surface area contributed by atoms with Crippen LogP contribution in [0, 0.1) is 0 Å². The number of rotatable bonds is 5. The second kappa shape index (κ2) is 7.40. The number of amides is 2. The van der Waals surface area contributed by atoms with Gasteiger partial charge in [-0.2, -0.15) is 0 Å². The summed E-state index contributed by atoms with van der Waals surface area (Å²) < 4.78 is 10.5. The highest BCUT2D eigenvalue weighted by atomic mass is 16.5. The average molecular weight is 367 g/mol. The Kier molecular flexibility index (Phi) is 4.65. The predicted molar refractivity (Wildman–Crippen MR) is 91.7 cm³/mol. The van der Waals surface area contributed by atoms with Crippen molar-refractivity contribution in [2.45, 2.75) is 31.8 Å². The lowest BCUT2D eigenvalue weighted by Crippen LogP contribution is -2.39. The zero-order valence-electron chi connectivity index (χ0n) is 14.3. The van der Waals surface area contributed by atoms with Crippen LogP contribution >= 0.6 is 0 Å². The fraction of sp³-hybridized carbons (Fsp3) is 0.278. The standard InChI is InChI=1S/C18H17N5O4/c24-17(14-10-19-5-6-20-14)22-11-3-4-15-13(8-11)16(23-27-15)18(25)21-9-12-2-1-7-26-12/h1-2,5-7,10-11H,3-4,8-9H2,(H,21,25)(H,22,24). The maximum absolute atomic E-state index is 12.4. The van der Waals surface area contributed by atoms with Crippen molar-refractivity contribution in [1.82, 2.24) is 25.8 Å². The normalized spacial score (nSPS) is 15.8. The van der Waals surface area contributed by atoms with Crippen LogP contribution in [0.25, 0.3) is 0 Å². The van der Waals surface area contributed by atoms with E-state index in [1.54, 1.807) is 18.4 Å². The molecule has 138 valence electrons. The molecule has 2 N–H and O–H groups in total. The minimum Gasteiger partial charge on any atom is -0.467 e. The van der Waals surface area contributed by atoms with Crippen molar-refractivity contribution in [3.63, 3.8) is 0 Å². The molecule has 0 saturated heterocycles. The minimum absolute atomic E-state index is 0.136. The van der Waals surface area contributed by atoms with E-state index in [-0.39, 0.29) is 35.8 Å². The first-order valence-corrected chi connectivity index (χ1v) is 8.55. The third-order valence-electron chi connectivity index (χ3n) is 4.39. The van der Waals surface area contributed by atoms with E-state index in [2.05, 4.69) is 25.8 Å². The monoisotopic (exact) mass is 367 g/mol. The first-order valence-electron chi connectivity index (χ1n) is 8.55. The third-order valence-corrected chi connectivity index (χ3v) is 4.39. The average Bonchev–Trinajstić information content (AvgIpc) is 3.36. The van der Waals surface area contributed by atoms with E-state index >= 15 is 0 Å². The molecule has 0 spiro atoms. The number of nitrogens with zero attached hydrogens (tertiary/aromatic N) is 3. The Morgan fingerprint density at radius 2 is 2.19 bits per heavy atom. The molecule has 0 radical (unpaired) electrons. The number of furan rings is 1. The molecule has 0 fully saturated rings. The smallest absolute Gasteiger partial charge is 0.274 e. The van der Waals surface area contributed by atoms with E-state index in [4.69, 9.17) is 8.94 Å². The number of hydrogen-bond donors (Lipinski definition) is 2. The lowest BCUT2D eigenvalue weighted by molar-refractivity contribution is 0.0926. The van der Waals surface area contributed by atoms with Crippen LogP contribution in [0.15, 0.2) is 45.9 Å². The van der Waals surface area contributed by atoms with Gasteiger partial charge >= 0.3 is 0 Å². The number of aromatic nitrogens is 3. The molecule has 9 nitrogen and oxygen atoms in total. The summed E-state index contributed by atoms with van der Waals surface area (Å²) in [7, 11) is 0. The molecular weight excluding hydrogens is 350 g/mol. The molecule has 1 aliphatic rings. The van der Waals surface area contributed by atoms with E-state index in [0.29, 0.717) is 30.8 Å². The van der Waals surface area contributed by atoms with Crippen molar-refractivity contribution in [3.05, 3.63) is 65.5 Å². The number of nitrogens with one attached hydrogen (secondary N) is 2. The summed E-state index contributed by atoms with van der Waals surface area (Å²) in [6, 6.07) is 3.39. The Labute approximate surface area is 154 Å². The zero-order valence-corrected chi connectivity index (χ0v) is 14.3. The molecule has 1 atom stereocenters. The summed E-state index contributed by atoms with van der Waals surface area (Å²) in [4.78, 5) is 32.6. The lowest BCUT2D eigenvalue weighted by Gasteiger charge is -2.22. The number of carbonyl (C=O) groups is 2. The molecular formula is C18H17N5O4. The zero-order chi connectivity index (χ0) is 18.6. The lowest BCUT2D eigenvalue weighted by atomic mass is 9.91. The van der Waals surface area contributed by atoms with Gasteiger partial charge in [0.1, 0.15) is 17.2 Å². The Balaban J connectivity index is 1.42. The molecule has 3 aromatic rings. The van der Waals surface area contributed by atoms with Gasteiger partial charge in [-0.15, -0.1) is 0 Å². The molecule has 3 aromatic heterocycles. The van der Waals surface area contributed by atoms with Gasteiger partial charge < -0.3 is 19.6 Å². The first kappa shape index (κ1) is 17.0. The van der Waals surface area contributed by atoms with Crippen LogP contribution in [-0.4, -0.2) is 33.0 Å². The molecule has 0 aromatic carbocycles. The maximum atomic E-state index is 12.4. The summed E-state index contributed by atoms with van der Waals surface area (Å²) in [5.74, 6) is 0.701. The summed E-state index contributed by atoms with van der Waals surface area (Å²) in [5, 5.41) is 9.60. The van der Waals surface area contributed by atoms with Crippen molar-refractivity contribution in [2.24, 2.45) is 0 Å². The highest BCUT2D eigenvalue weighted by Gasteiger charge is 2.29. The molecule has 0 aliphatic heterocycles. The number of aryl methyl sites for hydroxylation is 1. The largest absolute Gasteiger partial charge is 0.467 e.